The minimum absolute atomic E-state index is 0.0109. The lowest BCUT2D eigenvalue weighted by Crippen LogP contribution is -2.39. The maximum atomic E-state index is 13.0. The maximum absolute atomic E-state index is 13.0. The van der Waals surface area contributed by atoms with E-state index in [2.05, 4.69) is 29.2 Å². The number of hydrogen-bond acceptors (Lipinski definition) is 4. The zero-order valence-electron chi connectivity index (χ0n) is 18.3. The molecule has 0 N–H and O–H groups in total. The molecule has 0 aliphatic carbocycles. The van der Waals surface area contributed by atoms with Crippen LogP contribution in [0.4, 0.5) is 5.69 Å². The average molecular weight is 431 g/mol. The van der Waals surface area contributed by atoms with E-state index in [1.165, 1.54) is 0 Å². The highest BCUT2D eigenvalue weighted by Gasteiger charge is 2.23. The Bertz CT molecular complexity index is 838. The Labute approximate surface area is 184 Å². The molecule has 0 spiro atoms. The molecule has 30 heavy (non-hydrogen) atoms. The van der Waals surface area contributed by atoms with Crippen LogP contribution in [0.5, 0.6) is 5.75 Å². The Hall–Kier alpha value is -2.24. The van der Waals surface area contributed by atoms with Crippen LogP contribution < -0.4 is 9.64 Å². The Morgan fingerprint density at radius 1 is 1.17 bits per heavy atom. The maximum Gasteiger partial charge on any atom is 0.260 e. The monoisotopic (exact) mass is 430 g/mol. The van der Waals surface area contributed by atoms with E-state index in [0.29, 0.717) is 18.8 Å². The SMILES string of the molecule is Cc1cc(OCC(=O)N(Cc2ccc(N(C)C)cc2)C[C@H]2CCCO2)cc(C)c1Cl. The molecule has 1 atom stereocenters. The Kier molecular flexibility index (Phi) is 7.62. The van der Waals surface area contributed by atoms with Crippen molar-refractivity contribution in [2.24, 2.45) is 0 Å². The van der Waals surface area contributed by atoms with Crippen LogP contribution in [0.3, 0.4) is 0 Å². The van der Waals surface area contributed by atoms with Crippen LogP contribution >= 0.6 is 11.6 Å². The van der Waals surface area contributed by atoms with Crippen molar-refractivity contribution in [3.63, 3.8) is 0 Å². The van der Waals surface area contributed by atoms with Crippen LogP contribution in [0.1, 0.15) is 29.5 Å². The van der Waals surface area contributed by atoms with E-state index in [-0.39, 0.29) is 18.6 Å². The fourth-order valence-electron chi connectivity index (χ4n) is 3.63. The Morgan fingerprint density at radius 2 is 1.83 bits per heavy atom. The van der Waals surface area contributed by atoms with E-state index >= 15 is 0 Å². The minimum Gasteiger partial charge on any atom is -0.484 e. The van der Waals surface area contributed by atoms with Crippen LogP contribution in [0.2, 0.25) is 5.02 Å². The second-order valence-electron chi connectivity index (χ2n) is 8.13. The molecule has 0 saturated carbocycles. The molecular weight excluding hydrogens is 400 g/mol. The van der Waals surface area contributed by atoms with Gasteiger partial charge in [-0.15, -0.1) is 0 Å². The van der Waals surface area contributed by atoms with Crippen molar-refractivity contribution < 1.29 is 14.3 Å². The van der Waals surface area contributed by atoms with Gasteiger partial charge in [0.15, 0.2) is 6.61 Å². The Morgan fingerprint density at radius 3 is 2.40 bits per heavy atom. The van der Waals surface area contributed by atoms with Gasteiger partial charge in [-0.3, -0.25) is 4.79 Å². The summed E-state index contributed by atoms with van der Waals surface area (Å²) in [6, 6.07) is 12.0. The first kappa shape index (κ1) is 22.4. The third-order valence-corrected chi connectivity index (χ3v) is 6.00. The summed E-state index contributed by atoms with van der Waals surface area (Å²) in [5.41, 5.74) is 4.10. The quantitative estimate of drug-likeness (QED) is 0.613. The van der Waals surface area contributed by atoms with Crippen LogP contribution in [0, 0.1) is 13.8 Å². The lowest BCUT2D eigenvalue weighted by atomic mass is 10.1. The van der Waals surface area contributed by atoms with Gasteiger partial charge in [0.2, 0.25) is 0 Å². The molecule has 2 aromatic rings. The molecule has 5 nitrogen and oxygen atoms in total. The van der Waals surface area contributed by atoms with Gasteiger partial charge in [0, 0.05) is 44.5 Å². The third kappa shape index (κ3) is 5.89. The summed E-state index contributed by atoms with van der Waals surface area (Å²) >= 11 is 6.23. The summed E-state index contributed by atoms with van der Waals surface area (Å²) < 4.78 is 11.6. The molecule has 6 heteroatoms. The number of benzene rings is 2. The van der Waals surface area contributed by atoms with Crippen molar-refractivity contribution in [2.75, 3.05) is 38.8 Å². The van der Waals surface area contributed by atoms with E-state index in [1.807, 2.05) is 45.0 Å². The molecule has 0 bridgehead atoms. The number of nitrogens with zero attached hydrogens (tertiary/aromatic N) is 2. The van der Waals surface area contributed by atoms with Crippen molar-refractivity contribution in [3.8, 4) is 5.75 Å². The van der Waals surface area contributed by atoms with Crippen LogP contribution in [0.25, 0.3) is 0 Å². The van der Waals surface area contributed by atoms with Crippen molar-refractivity contribution in [1.29, 1.82) is 0 Å². The van der Waals surface area contributed by atoms with Crippen molar-refractivity contribution in [1.82, 2.24) is 4.90 Å². The van der Waals surface area contributed by atoms with E-state index < -0.39 is 0 Å². The third-order valence-electron chi connectivity index (χ3n) is 5.40. The van der Waals surface area contributed by atoms with Gasteiger partial charge < -0.3 is 19.3 Å². The zero-order valence-corrected chi connectivity index (χ0v) is 19.0. The van der Waals surface area contributed by atoms with Gasteiger partial charge in [0.25, 0.3) is 5.91 Å². The van der Waals surface area contributed by atoms with E-state index in [0.717, 1.165) is 46.8 Å². The first-order chi connectivity index (χ1) is 14.3. The molecule has 1 heterocycles. The first-order valence-electron chi connectivity index (χ1n) is 10.4. The number of hydrogen-bond donors (Lipinski definition) is 0. The highest BCUT2D eigenvalue weighted by molar-refractivity contribution is 6.32. The van der Waals surface area contributed by atoms with Gasteiger partial charge in [-0.25, -0.2) is 0 Å². The summed E-state index contributed by atoms with van der Waals surface area (Å²) in [7, 11) is 4.03. The minimum atomic E-state index is -0.0487. The number of carbonyl (C=O) groups is 1. The average Bonchev–Trinajstić information content (AvgIpc) is 3.23. The van der Waals surface area contributed by atoms with Gasteiger partial charge in [0.05, 0.1) is 6.10 Å². The molecule has 2 aromatic carbocycles. The summed E-state index contributed by atoms with van der Waals surface area (Å²) in [6.07, 6.45) is 2.12. The largest absolute Gasteiger partial charge is 0.484 e. The normalized spacial score (nSPS) is 15.8. The number of amides is 1. The topological polar surface area (TPSA) is 42.0 Å². The molecule has 0 radical (unpaired) electrons. The fraction of sp³-hybridized carbons (Fsp3) is 0.458. The van der Waals surface area contributed by atoms with Crippen molar-refractivity contribution in [3.05, 3.63) is 58.1 Å². The number of carbonyl (C=O) groups excluding carboxylic acids is 1. The summed E-state index contributed by atoms with van der Waals surface area (Å²) in [5, 5.41) is 0.731. The second-order valence-corrected chi connectivity index (χ2v) is 8.51. The molecule has 1 saturated heterocycles. The van der Waals surface area contributed by atoms with Gasteiger partial charge in [-0.05, 0) is 67.6 Å². The van der Waals surface area contributed by atoms with Crippen LogP contribution in [0.15, 0.2) is 36.4 Å². The zero-order chi connectivity index (χ0) is 21.7. The number of aryl methyl sites for hydroxylation is 2. The van der Waals surface area contributed by atoms with Crippen molar-refractivity contribution >= 4 is 23.2 Å². The van der Waals surface area contributed by atoms with Crippen LogP contribution in [-0.4, -0.2) is 50.8 Å². The number of halogens is 1. The highest BCUT2D eigenvalue weighted by Crippen LogP contribution is 2.26. The van der Waals surface area contributed by atoms with Gasteiger partial charge in [-0.1, -0.05) is 23.7 Å². The highest BCUT2D eigenvalue weighted by atomic mass is 35.5. The summed E-state index contributed by atoms with van der Waals surface area (Å²) in [6.45, 7) is 5.74. The Balaban J connectivity index is 1.68. The number of anilines is 1. The molecule has 1 aliphatic heterocycles. The van der Waals surface area contributed by atoms with Gasteiger partial charge in [0.1, 0.15) is 5.75 Å². The van der Waals surface area contributed by atoms with Crippen molar-refractivity contribution in [2.45, 2.75) is 39.3 Å². The molecule has 3 rings (SSSR count). The molecular formula is C24H31ClN2O3. The molecule has 1 amide bonds. The second kappa shape index (κ2) is 10.2. The lowest BCUT2D eigenvalue weighted by molar-refractivity contribution is -0.135. The molecule has 0 unspecified atom stereocenters. The lowest BCUT2D eigenvalue weighted by Gasteiger charge is -2.26. The van der Waals surface area contributed by atoms with Gasteiger partial charge >= 0.3 is 0 Å². The van der Waals surface area contributed by atoms with E-state index in [1.54, 1.807) is 0 Å². The number of ether oxygens (including phenoxy) is 2. The van der Waals surface area contributed by atoms with Crippen LogP contribution in [-0.2, 0) is 16.1 Å². The van der Waals surface area contributed by atoms with E-state index in [9.17, 15) is 4.79 Å². The predicted octanol–water partition coefficient (Wildman–Crippen LogP) is 4.61. The summed E-state index contributed by atoms with van der Waals surface area (Å²) in [4.78, 5) is 16.9. The number of rotatable bonds is 8. The van der Waals surface area contributed by atoms with Gasteiger partial charge in [-0.2, -0.15) is 0 Å². The standard InChI is InChI=1S/C24H31ClN2O3/c1-17-12-22(13-18(2)24(17)25)30-16-23(28)27(15-21-6-5-11-29-21)14-19-7-9-20(10-8-19)26(3)4/h7-10,12-13,21H,5-6,11,14-16H2,1-4H3/t21-/m1/s1. The smallest absolute Gasteiger partial charge is 0.260 e. The molecule has 162 valence electrons. The molecule has 1 fully saturated rings. The fourth-order valence-corrected chi connectivity index (χ4v) is 3.74. The van der Waals surface area contributed by atoms with E-state index in [4.69, 9.17) is 21.1 Å². The first-order valence-corrected chi connectivity index (χ1v) is 10.8. The molecule has 1 aliphatic rings. The predicted molar refractivity (Wildman–Crippen MR) is 122 cm³/mol. The molecule has 0 aromatic heterocycles. The summed E-state index contributed by atoms with van der Waals surface area (Å²) in [5.74, 6) is 0.614.